The minimum atomic E-state index is 0.406. The molecule has 0 aliphatic heterocycles. The van der Waals surface area contributed by atoms with Crippen LogP contribution in [0.25, 0.3) is 0 Å². The van der Waals surface area contributed by atoms with Crippen molar-refractivity contribution in [3.05, 3.63) is 29.3 Å². The Morgan fingerprint density at radius 2 is 2.08 bits per heavy atom. The largest absolute Gasteiger partial charge is 0.497 e. The van der Waals surface area contributed by atoms with E-state index in [1.54, 1.807) is 7.11 Å². The number of hydrogen-bond acceptors (Lipinski definition) is 1. The second kappa shape index (κ2) is 3.94. The van der Waals surface area contributed by atoms with Crippen molar-refractivity contribution in [1.82, 2.24) is 0 Å². The number of methoxy groups -OCH3 is 1. The van der Waals surface area contributed by atoms with Crippen LogP contribution in [0.4, 0.5) is 0 Å². The van der Waals surface area contributed by atoms with Crippen molar-refractivity contribution in [2.45, 2.75) is 18.7 Å². The molecule has 0 radical (unpaired) electrons. The summed E-state index contributed by atoms with van der Waals surface area (Å²) in [6, 6.07) is 6.13. The molecule has 0 saturated carbocycles. The standard InChI is InChI=1S/C10H13BrO/c1-7-6-9(12-3)4-5-10(7)8(2)11/h4-6,8H,1-3H3. The van der Waals surface area contributed by atoms with Gasteiger partial charge in [-0.25, -0.2) is 0 Å². The lowest BCUT2D eigenvalue weighted by Gasteiger charge is -2.09. The molecule has 0 aliphatic carbocycles. The number of benzene rings is 1. The van der Waals surface area contributed by atoms with Crippen LogP contribution in [-0.2, 0) is 0 Å². The van der Waals surface area contributed by atoms with Gasteiger partial charge in [-0.2, -0.15) is 0 Å². The van der Waals surface area contributed by atoms with Crippen LogP contribution in [0.2, 0.25) is 0 Å². The molecule has 2 heteroatoms. The van der Waals surface area contributed by atoms with E-state index in [4.69, 9.17) is 4.74 Å². The normalized spacial score (nSPS) is 12.7. The zero-order chi connectivity index (χ0) is 9.14. The first-order valence-corrected chi connectivity index (χ1v) is 4.85. The Morgan fingerprint density at radius 3 is 2.50 bits per heavy atom. The monoisotopic (exact) mass is 228 g/mol. The van der Waals surface area contributed by atoms with Crippen molar-refractivity contribution < 1.29 is 4.74 Å². The first-order valence-electron chi connectivity index (χ1n) is 3.93. The van der Waals surface area contributed by atoms with Crippen LogP contribution in [0.3, 0.4) is 0 Å². The van der Waals surface area contributed by atoms with Gasteiger partial charge in [0.05, 0.1) is 7.11 Å². The summed E-state index contributed by atoms with van der Waals surface area (Å²) in [7, 11) is 1.69. The molecule has 12 heavy (non-hydrogen) atoms. The Balaban J connectivity index is 3.03. The Labute approximate surface area is 81.9 Å². The minimum Gasteiger partial charge on any atom is -0.497 e. The maximum atomic E-state index is 5.11. The highest BCUT2D eigenvalue weighted by Gasteiger charge is 2.04. The van der Waals surface area contributed by atoms with E-state index >= 15 is 0 Å². The molecule has 66 valence electrons. The molecule has 0 bridgehead atoms. The number of alkyl halides is 1. The highest BCUT2D eigenvalue weighted by molar-refractivity contribution is 9.09. The number of aryl methyl sites for hydroxylation is 1. The molecule has 0 N–H and O–H groups in total. The van der Waals surface area contributed by atoms with E-state index in [1.807, 2.05) is 12.1 Å². The molecule has 1 atom stereocenters. The van der Waals surface area contributed by atoms with E-state index in [-0.39, 0.29) is 0 Å². The van der Waals surface area contributed by atoms with E-state index in [0.29, 0.717) is 4.83 Å². The lowest BCUT2D eigenvalue weighted by Crippen LogP contribution is -1.90. The van der Waals surface area contributed by atoms with Crippen LogP contribution in [-0.4, -0.2) is 7.11 Å². The summed E-state index contributed by atoms with van der Waals surface area (Å²) in [5, 5.41) is 0. The zero-order valence-electron chi connectivity index (χ0n) is 7.60. The molecule has 0 fully saturated rings. The van der Waals surface area contributed by atoms with E-state index < -0.39 is 0 Å². The van der Waals surface area contributed by atoms with Crippen molar-refractivity contribution in [3.8, 4) is 5.75 Å². The third-order valence-corrected chi connectivity index (χ3v) is 2.40. The van der Waals surface area contributed by atoms with Gasteiger partial charge in [-0.1, -0.05) is 22.0 Å². The van der Waals surface area contributed by atoms with Gasteiger partial charge in [0, 0.05) is 4.83 Å². The highest BCUT2D eigenvalue weighted by atomic mass is 79.9. The summed E-state index contributed by atoms with van der Waals surface area (Å²) < 4.78 is 5.11. The highest BCUT2D eigenvalue weighted by Crippen LogP contribution is 2.27. The minimum absolute atomic E-state index is 0.406. The van der Waals surface area contributed by atoms with E-state index in [9.17, 15) is 0 Å². The van der Waals surface area contributed by atoms with Gasteiger partial charge < -0.3 is 4.74 Å². The first kappa shape index (κ1) is 9.59. The van der Waals surface area contributed by atoms with Gasteiger partial charge in [0.1, 0.15) is 5.75 Å². The zero-order valence-corrected chi connectivity index (χ0v) is 9.18. The van der Waals surface area contributed by atoms with Crippen LogP contribution < -0.4 is 4.74 Å². The van der Waals surface area contributed by atoms with Crippen LogP contribution in [0.5, 0.6) is 5.75 Å². The number of halogens is 1. The van der Waals surface area contributed by atoms with Crippen molar-refractivity contribution in [2.24, 2.45) is 0 Å². The van der Waals surface area contributed by atoms with Gasteiger partial charge in [0.25, 0.3) is 0 Å². The second-order valence-corrected chi connectivity index (χ2v) is 4.21. The summed E-state index contributed by atoms with van der Waals surface area (Å²) in [5.41, 5.74) is 2.58. The fraction of sp³-hybridized carbons (Fsp3) is 0.400. The molecule has 1 nitrogen and oxygen atoms in total. The van der Waals surface area contributed by atoms with Crippen molar-refractivity contribution in [2.75, 3.05) is 7.11 Å². The number of ether oxygens (including phenoxy) is 1. The summed E-state index contributed by atoms with van der Waals surface area (Å²) in [4.78, 5) is 0.406. The fourth-order valence-electron chi connectivity index (χ4n) is 1.22. The van der Waals surface area contributed by atoms with Crippen LogP contribution in [0.1, 0.15) is 22.9 Å². The molecule has 1 aromatic rings. The van der Waals surface area contributed by atoms with E-state index in [0.717, 1.165) is 5.75 Å². The van der Waals surface area contributed by atoms with Gasteiger partial charge in [0.15, 0.2) is 0 Å². The Bertz CT molecular complexity index is 269. The second-order valence-electron chi connectivity index (χ2n) is 2.84. The molecule has 0 aliphatic rings. The van der Waals surface area contributed by atoms with Crippen molar-refractivity contribution in [1.29, 1.82) is 0 Å². The maximum absolute atomic E-state index is 5.11. The molecule has 0 aromatic heterocycles. The van der Waals surface area contributed by atoms with Gasteiger partial charge in [-0.05, 0) is 37.1 Å². The van der Waals surface area contributed by atoms with Crippen LogP contribution >= 0.6 is 15.9 Å². The van der Waals surface area contributed by atoms with Gasteiger partial charge in [-0.15, -0.1) is 0 Å². The van der Waals surface area contributed by atoms with E-state index in [2.05, 4.69) is 35.8 Å². The molecule has 0 saturated heterocycles. The van der Waals surface area contributed by atoms with Crippen molar-refractivity contribution >= 4 is 15.9 Å². The lowest BCUT2D eigenvalue weighted by atomic mass is 10.1. The van der Waals surface area contributed by atoms with Gasteiger partial charge in [0.2, 0.25) is 0 Å². The fourth-order valence-corrected chi connectivity index (χ4v) is 1.74. The molecule has 0 spiro atoms. The Kier molecular flexibility index (Phi) is 3.15. The SMILES string of the molecule is COc1ccc(C(C)Br)c(C)c1. The first-order chi connectivity index (χ1) is 5.65. The molecular formula is C10H13BrO. The van der Waals surface area contributed by atoms with Crippen molar-refractivity contribution in [3.63, 3.8) is 0 Å². The summed E-state index contributed by atoms with van der Waals surface area (Å²) in [6.45, 7) is 4.21. The Morgan fingerprint density at radius 1 is 1.42 bits per heavy atom. The quantitative estimate of drug-likeness (QED) is 0.705. The molecule has 0 amide bonds. The number of rotatable bonds is 2. The summed E-state index contributed by atoms with van der Waals surface area (Å²) in [5.74, 6) is 0.921. The average Bonchev–Trinajstić information content (AvgIpc) is 2.03. The lowest BCUT2D eigenvalue weighted by molar-refractivity contribution is 0.414. The topological polar surface area (TPSA) is 9.23 Å². The predicted octanol–water partition coefficient (Wildman–Crippen LogP) is 3.46. The van der Waals surface area contributed by atoms with Crippen LogP contribution in [0.15, 0.2) is 18.2 Å². The predicted molar refractivity (Wildman–Crippen MR) is 55.1 cm³/mol. The summed E-state index contributed by atoms with van der Waals surface area (Å²) in [6.07, 6.45) is 0. The molecule has 0 heterocycles. The van der Waals surface area contributed by atoms with Crippen LogP contribution in [0, 0.1) is 6.92 Å². The van der Waals surface area contributed by atoms with Gasteiger partial charge >= 0.3 is 0 Å². The molecular weight excluding hydrogens is 216 g/mol. The maximum Gasteiger partial charge on any atom is 0.119 e. The smallest absolute Gasteiger partial charge is 0.119 e. The average molecular weight is 229 g/mol. The number of hydrogen-bond donors (Lipinski definition) is 0. The Hall–Kier alpha value is -0.500. The third-order valence-electron chi connectivity index (χ3n) is 1.91. The van der Waals surface area contributed by atoms with E-state index in [1.165, 1.54) is 11.1 Å². The summed E-state index contributed by atoms with van der Waals surface area (Å²) >= 11 is 3.54. The third kappa shape index (κ3) is 2.01. The molecule has 1 rings (SSSR count). The molecule has 1 unspecified atom stereocenters. The molecule has 1 aromatic carbocycles. The van der Waals surface area contributed by atoms with Gasteiger partial charge in [-0.3, -0.25) is 0 Å².